The maximum Gasteiger partial charge on any atom is 0.237 e. The number of hydrogen-bond acceptors (Lipinski definition) is 4. The number of fused-ring (bicyclic) bond motifs is 1. The molecule has 4 nitrogen and oxygen atoms in total. The topological polar surface area (TPSA) is 36.7 Å². The number of furan rings is 1. The summed E-state index contributed by atoms with van der Waals surface area (Å²) in [7, 11) is 1.85. The van der Waals surface area contributed by atoms with Gasteiger partial charge in [0.15, 0.2) is 0 Å². The second kappa shape index (κ2) is 7.85. The summed E-state index contributed by atoms with van der Waals surface area (Å²) in [6.07, 6.45) is 0. The van der Waals surface area contributed by atoms with E-state index in [1.165, 1.54) is 4.88 Å². The minimum absolute atomic E-state index is 0.0969. The number of benzene rings is 1. The lowest BCUT2D eigenvalue weighted by Gasteiger charge is -2.27. The maximum atomic E-state index is 12.7. The molecule has 0 fully saturated rings. The van der Waals surface area contributed by atoms with Crippen LogP contribution in [0.2, 0.25) is 0 Å². The molecular weight excluding hydrogens is 332 g/mol. The van der Waals surface area contributed by atoms with Gasteiger partial charge in [-0.3, -0.25) is 9.69 Å². The Morgan fingerprint density at radius 2 is 2.04 bits per heavy atom. The van der Waals surface area contributed by atoms with Gasteiger partial charge in [-0.15, -0.1) is 11.3 Å². The third-order valence-corrected chi connectivity index (χ3v) is 5.46. The van der Waals surface area contributed by atoms with Crippen molar-refractivity contribution >= 4 is 28.2 Å². The Bertz CT molecular complexity index is 792. The molecule has 132 valence electrons. The van der Waals surface area contributed by atoms with Crippen molar-refractivity contribution in [2.75, 3.05) is 20.1 Å². The standard InChI is InChI=1S/C20H24N2O2S/c1-4-22(13-17-9-7-11-25-17)14-20(23)21(3)15(2)19-12-16-8-5-6-10-18(16)24-19/h5-12,15H,4,13-14H2,1-3H3. The molecule has 0 aliphatic heterocycles. The van der Waals surface area contributed by atoms with Gasteiger partial charge in [0.2, 0.25) is 5.91 Å². The summed E-state index contributed by atoms with van der Waals surface area (Å²) >= 11 is 1.73. The van der Waals surface area contributed by atoms with E-state index in [1.807, 2.05) is 50.4 Å². The van der Waals surface area contributed by atoms with Crippen LogP contribution in [0.3, 0.4) is 0 Å². The average molecular weight is 356 g/mol. The molecule has 0 aliphatic carbocycles. The summed E-state index contributed by atoms with van der Waals surface area (Å²) in [4.78, 5) is 17.9. The van der Waals surface area contributed by atoms with Crippen LogP contribution in [0.4, 0.5) is 0 Å². The van der Waals surface area contributed by atoms with Crippen LogP contribution in [0.5, 0.6) is 0 Å². The highest BCUT2D eigenvalue weighted by Gasteiger charge is 2.22. The van der Waals surface area contributed by atoms with E-state index in [-0.39, 0.29) is 11.9 Å². The number of para-hydroxylation sites is 1. The summed E-state index contributed by atoms with van der Waals surface area (Å²) in [5.41, 5.74) is 0.859. The number of nitrogens with zero attached hydrogens (tertiary/aromatic N) is 2. The predicted octanol–water partition coefficient (Wildman–Crippen LogP) is 4.54. The number of hydrogen-bond donors (Lipinski definition) is 0. The Morgan fingerprint density at radius 1 is 1.24 bits per heavy atom. The van der Waals surface area contributed by atoms with Gasteiger partial charge < -0.3 is 9.32 Å². The van der Waals surface area contributed by atoms with Crippen LogP contribution >= 0.6 is 11.3 Å². The van der Waals surface area contributed by atoms with Gasteiger partial charge in [0.1, 0.15) is 11.3 Å². The van der Waals surface area contributed by atoms with E-state index >= 15 is 0 Å². The summed E-state index contributed by atoms with van der Waals surface area (Å²) in [6, 6.07) is 14.0. The van der Waals surface area contributed by atoms with Crippen LogP contribution < -0.4 is 0 Å². The molecule has 3 rings (SSSR count). The van der Waals surface area contributed by atoms with Gasteiger partial charge in [-0.05, 0) is 37.0 Å². The fourth-order valence-electron chi connectivity index (χ4n) is 2.82. The third-order valence-electron chi connectivity index (χ3n) is 4.60. The number of amides is 1. The van der Waals surface area contributed by atoms with Gasteiger partial charge in [0.25, 0.3) is 0 Å². The van der Waals surface area contributed by atoms with Crippen molar-refractivity contribution in [2.45, 2.75) is 26.4 Å². The third kappa shape index (κ3) is 4.11. The lowest BCUT2D eigenvalue weighted by atomic mass is 10.2. The lowest BCUT2D eigenvalue weighted by molar-refractivity contribution is -0.133. The highest BCUT2D eigenvalue weighted by atomic mass is 32.1. The average Bonchev–Trinajstić information content (AvgIpc) is 3.28. The number of rotatable bonds is 7. The van der Waals surface area contributed by atoms with Crippen molar-refractivity contribution in [1.82, 2.24) is 9.80 Å². The van der Waals surface area contributed by atoms with Crippen molar-refractivity contribution in [3.8, 4) is 0 Å². The fourth-order valence-corrected chi connectivity index (χ4v) is 3.57. The summed E-state index contributed by atoms with van der Waals surface area (Å²) < 4.78 is 5.91. The van der Waals surface area contributed by atoms with Gasteiger partial charge in [0.05, 0.1) is 12.6 Å². The van der Waals surface area contributed by atoms with Crippen LogP contribution in [0.1, 0.15) is 30.5 Å². The number of thiophene rings is 1. The molecule has 0 radical (unpaired) electrons. The monoisotopic (exact) mass is 356 g/mol. The molecule has 25 heavy (non-hydrogen) atoms. The van der Waals surface area contributed by atoms with Crippen LogP contribution in [-0.2, 0) is 11.3 Å². The molecule has 0 N–H and O–H groups in total. The number of likely N-dealkylation sites (N-methyl/N-ethyl adjacent to an activating group) is 2. The smallest absolute Gasteiger partial charge is 0.237 e. The summed E-state index contributed by atoms with van der Waals surface area (Å²) in [6.45, 7) is 6.16. The Hall–Kier alpha value is -2.11. The van der Waals surface area contributed by atoms with Gasteiger partial charge in [-0.2, -0.15) is 0 Å². The molecule has 0 saturated heterocycles. The Morgan fingerprint density at radius 3 is 2.72 bits per heavy atom. The Kier molecular flexibility index (Phi) is 5.56. The minimum Gasteiger partial charge on any atom is -0.459 e. The molecule has 1 unspecified atom stereocenters. The molecule has 3 aromatic rings. The van der Waals surface area contributed by atoms with E-state index in [0.29, 0.717) is 6.54 Å². The summed E-state index contributed by atoms with van der Waals surface area (Å²) in [5, 5.41) is 3.14. The van der Waals surface area contributed by atoms with E-state index in [2.05, 4.69) is 23.3 Å². The first-order valence-electron chi connectivity index (χ1n) is 8.57. The Labute approximate surface area is 152 Å². The van der Waals surface area contributed by atoms with Crippen LogP contribution in [-0.4, -0.2) is 35.8 Å². The van der Waals surface area contributed by atoms with Crippen molar-refractivity contribution in [3.63, 3.8) is 0 Å². The normalized spacial score (nSPS) is 12.6. The molecular formula is C20H24N2O2S. The van der Waals surface area contributed by atoms with E-state index in [0.717, 1.165) is 29.8 Å². The van der Waals surface area contributed by atoms with E-state index in [1.54, 1.807) is 16.2 Å². The van der Waals surface area contributed by atoms with Crippen LogP contribution in [0, 0.1) is 0 Å². The van der Waals surface area contributed by atoms with Crippen molar-refractivity contribution in [2.24, 2.45) is 0 Å². The molecule has 0 spiro atoms. The lowest BCUT2D eigenvalue weighted by Crippen LogP contribution is -2.39. The first-order chi connectivity index (χ1) is 12.1. The van der Waals surface area contributed by atoms with Gasteiger partial charge in [-0.1, -0.05) is 31.2 Å². The molecule has 1 aromatic carbocycles. The first kappa shape index (κ1) is 17.7. The van der Waals surface area contributed by atoms with Crippen molar-refractivity contribution in [3.05, 3.63) is 58.5 Å². The Balaban J connectivity index is 1.65. The fraction of sp³-hybridized carbons (Fsp3) is 0.350. The molecule has 0 aliphatic rings. The zero-order chi connectivity index (χ0) is 17.8. The van der Waals surface area contributed by atoms with E-state index in [4.69, 9.17) is 4.42 Å². The van der Waals surface area contributed by atoms with Crippen molar-refractivity contribution < 1.29 is 9.21 Å². The molecule has 0 saturated carbocycles. The summed E-state index contributed by atoms with van der Waals surface area (Å²) in [5.74, 6) is 0.921. The van der Waals surface area contributed by atoms with E-state index < -0.39 is 0 Å². The second-order valence-corrected chi connectivity index (χ2v) is 7.28. The number of carbonyl (C=O) groups is 1. The van der Waals surface area contributed by atoms with Crippen molar-refractivity contribution in [1.29, 1.82) is 0 Å². The molecule has 1 atom stereocenters. The highest BCUT2D eigenvalue weighted by molar-refractivity contribution is 7.09. The zero-order valence-electron chi connectivity index (χ0n) is 14.9. The minimum atomic E-state index is -0.0969. The van der Waals surface area contributed by atoms with E-state index in [9.17, 15) is 4.79 Å². The van der Waals surface area contributed by atoms with Gasteiger partial charge >= 0.3 is 0 Å². The zero-order valence-corrected chi connectivity index (χ0v) is 15.8. The maximum absolute atomic E-state index is 12.7. The molecule has 0 bridgehead atoms. The van der Waals surface area contributed by atoms with Gasteiger partial charge in [0, 0.05) is 23.9 Å². The number of carbonyl (C=O) groups excluding carboxylic acids is 1. The molecule has 5 heteroatoms. The second-order valence-electron chi connectivity index (χ2n) is 6.25. The largest absolute Gasteiger partial charge is 0.459 e. The first-order valence-corrected chi connectivity index (χ1v) is 9.45. The van der Waals surface area contributed by atoms with Crippen LogP contribution in [0.15, 0.2) is 52.3 Å². The molecule has 2 heterocycles. The predicted molar refractivity (Wildman–Crippen MR) is 103 cm³/mol. The van der Waals surface area contributed by atoms with Crippen LogP contribution in [0.25, 0.3) is 11.0 Å². The van der Waals surface area contributed by atoms with Gasteiger partial charge in [-0.25, -0.2) is 0 Å². The quantitative estimate of drug-likeness (QED) is 0.624. The molecule has 2 aromatic heterocycles. The molecule has 1 amide bonds. The highest BCUT2D eigenvalue weighted by Crippen LogP contribution is 2.26. The SMILES string of the molecule is CCN(CC(=O)N(C)C(C)c1cc2ccccc2o1)Cc1cccs1.